The summed E-state index contributed by atoms with van der Waals surface area (Å²) in [7, 11) is 0. The predicted octanol–water partition coefficient (Wildman–Crippen LogP) is 7.21. The molecule has 0 aromatic heterocycles. The molecular weight excluding hydrogens is 559 g/mol. The number of hydrogen-bond donors (Lipinski definition) is 1. The van der Waals surface area contributed by atoms with Gasteiger partial charge in [-0.15, -0.1) is 0 Å². The monoisotopic (exact) mass is 584 g/mol. The van der Waals surface area contributed by atoms with E-state index in [-0.39, 0.29) is 18.1 Å². The van der Waals surface area contributed by atoms with E-state index in [0.29, 0.717) is 39.4 Å². The molecule has 0 aliphatic carbocycles. The summed E-state index contributed by atoms with van der Waals surface area (Å²) in [5.74, 6) is -0.0123. The normalized spacial score (nSPS) is 14.2. The highest BCUT2D eigenvalue weighted by atomic mass is 35.5. The van der Waals surface area contributed by atoms with Crippen molar-refractivity contribution in [2.45, 2.75) is 26.9 Å². The maximum absolute atomic E-state index is 12.9. The van der Waals surface area contributed by atoms with Gasteiger partial charge in [0.1, 0.15) is 13.2 Å². The van der Waals surface area contributed by atoms with Crippen LogP contribution in [-0.2, 0) is 22.6 Å². The number of benzene rings is 3. The molecule has 0 spiro atoms. The van der Waals surface area contributed by atoms with Gasteiger partial charge in [-0.2, -0.15) is 0 Å². The zero-order valence-corrected chi connectivity index (χ0v) is 23.7. The van der Waals surface area contributed by atoms with Crippen molar-refractivity contribution in [3.8, 4) is 11.5 Å². The quantitative estimate of drug-likeness (QED) is 0.253. The summed E-state index contributed by atoms with van der Waals surface area (Å²) >= 11 is 13.0. The van der Waals surface area contributed by atoms with Gasteiger partial charge in [-0.3, -0.25) is 19.3 Å². The second-order valence-electron chi connectivity index (χ2n) is 8.53. The van der Waals surface area contributed by atoms with Crippen LogP contribution in [0.25, 0.3) is 6.08 Å². The number of nitrogens with zero attached hydrogens (tertiary/aromatic N) is 1. The SMILES string of the molecule is CCOc1cc(/C=C2/SC(=O)N(CC(=O)Nc3ccc(CC)cc3)C2=O)ccc1OCc1ccc(Cl)cc1Cl. The van der Waals surface area contributed by atoms with Crippen molar-refractivity contribution in [2.24, 2.45) is 0 Å². The molecule has 10 heteroatoms. The van der Waals surface area contributed by atoms with Crippen LogP contribution in [-0.4, -0.2) is 35.1 Å². The summed E-state index contributed by atoms with van der Waals surface area (Å²) < 4.78 is 11.7. The van der Waals surface area contributed by atoms with Crippen LogP contribution < -0.4 is 14.8 Å². The fourth-order valence-corrected chi connectivity index (χ4v) is 5.05. The lowest BCUT2D eigenvalue weighted by Crippen LogP contribution is -2.36. The smallest absolute Gasteiger partial charge is 0.294 e. The first kappa shape index (κ1) is 28.5. The molecule has 7 nitrogen and oxygen atoms in total. The lowest BCUT2D eigenvalue weighted by atomic mass is 10.1. The number of anilines is 1. The zero-order chi connectivity index (χ0) is 27.9. The van der Waals surface area contributed by atoms with Gasteiger partial charge >= 0.3 is 0 Å². The number of halogens is 2. The Kier molecular flexibility index (Phi) is 9.56. The third-order valence-corrected chi connectivity index (χ3v) is 7.28. The van der Waals surface area contributed by atoms with Crippen LogP contribution >= 0.6 is 35.0 Å². The van der Waals surface area contributed by atoms with E-state index in [4.69, 9.17) is 32.7 Å². The number of ether oxygens (including phenoxy) is 2. The molecule has 1 aliphatic heterocycles. The van der Waals surface area contributed by atoms with Gasteiger partial charge < -0.3 is 14.8 Å². The van der Waals surface area contributed by atoms with Crippen molar-refractivity contribution >= 4 is 63.8 Å². The summed E-state index contributed by atoms with van der Waals surface area (Å²) in [6.07, 6.45) is 2.48. The molecule has 39 heavy (non-hydrogen) atoms. The Labute approximate surface area is 241 Å². The highest BCUT2D eigenvalue weighted by Crippen LogP contribution is 2.35. The molecule has 0 atom stereocenters. The van der Waals surface area contributed by atoms with Gasteiger partial charge in [-0.05, 0) is 78.7 Å². The molecule has 1 saturated heterocycles. The highest BCUT2D eigenvalue weighted by molar-refractivity contribution is 8.18. The Morgan fingerprint density at radius 3 is 2.44 bits per heavy atom. The minimum Gasteiger partial charge on any atom is -0.490 e. The van der Waals surface area contributed by atoms with Gasteiger partial charge in [0.25, 0.3) is 11.1 Å². The van der Waals surface area contributed by atoms with E-state index in [0.717, 1.165) is 34.2 Å². The molecule has 202 valence electrons. The van der Waals surface area contributed by atoms with Gasteiger partial charge in [0, 0.05) is 21.3 Å². The molecule has 1 heterocycles. The summed E-state index contributed by atoms with van der Waals surface area (Å²) in [4.78, 5) is 39.1. The third-order valence-electron chi connectivity index (χ3n) is 5.78. The van der Waals surface area contributed by atoms with E-state index in [1.165, 1.54) is 0 Å². The van der Waals surface area contributed by atoms with E-state index in [2.05, 4.69) is 5.32 Å². The second-order valence-corrected chi connectivity index (χ2v) is 10.4. The van der Waals surface area contributed by atoms with Gasteiger partial charge in [0.2, 0.25) is 5.91 Å². The third kappa shape index (κ3) is 7.35. The van der Waals surface area contributed by atoms with Crippen molar-refractivity contribution in [3.63, 3.8) is 0 Å². The fourth-order valence-electron chi connectivity index (χ4n) is 3.75. The Balaban J connectivity index is 1.44. The van der Waals surface area contributed by atoms with E-state index in [9.17, 15) is 14.4 Å². The molecule has 1 N–H and O–H groups in total. The lowest BCUT2D eigenvalue weighted by molar-refractivity contribution is -0.127. The standard InChI is InChI=1S/C29H26Cl2N2O5S/c1-3-18-5-10-22(11-6-18)32-27(34)16-33-28(35)26(39-29(33)36)14-19-7-12-24(25(13-19)37-4-2)38-17-20-8-9-21(30)15-23(20)31/h5-15H,3-4,16-17H2,1-2H3,(H,32,34)/b26-14+. The van der Waals surface area contributed by atoms with Crippen LogP contribution in [0.4, 0.5) is 10.5 Å². The molecule has 0 unspecified atom stereocenters. The van der Waals surface area contributed by atoms with Crippen LogP contribution in [0, 0.1) is 0 Å². The Bertz CT molecular complexity index is 1430. The summed E-state index contributed by atoms with van der Waals surface area (Å²) in [5.41, 5.74) is 3.15. The first-order valence-corrected chi connectivity index (χ1v) is 13.8. The first-order chi connectivity index (χ1) is 18.8. The Morgan fingerprint density at radius 1 is 0.974 bits per heavy atom. The van der Waals surface area contributed by atoms with Crippen molar-refractivity contribution < 1.29 is 23.9 Å². The molecular formula is C29H26Cl2N2O5S. The summed E-state index contributed by atoms with van der Waals surface area (Å²) in [5, 5.41) is 3.25. The van der Waals surface area contributed by atoms with Crippen molar-refractivity contribution in [1.82, 2.24) is 4.90 Å². The van der Waals surface area contributed by atoms with Crippen LogP contribution in [0.5, 0.6) is 11.5 Å². The molecule has 3 amide bonds. The van der Waals surface area contributed by atoms with Gasteiger partial charge in [0.05, 0.1) is 11.5 Å². The van der Waals surface area contributed by atoms with E-state index in [1.54, 1.807) is 54.6 Å². The molecule has 3 aromatic carbocycles. The van der Waals surface area contributed by atoms with Gasteiger partial charge in [-0.1, -0.05) is 54.4 Å². The fraction of sp³-hybridized carbons (Fsp3) is 0.207. The number of carbonyl (C=O) groups is 3. The van der Waals surface area contributed by atoms with Crippen LogP contribution in [0.2, 0.25) is 10.0 Å². The maximum Gasteiger partial charge on any atom is 0.294 e. The molecule has 0 bridgehead atoms. The molecule has 1 aliphatic rings. The zero-order valence-electron chi connectivity index (χ0n) is 21.3. The van der Waals surface area contributed by atoms with Gasteiger partial charge in [-0.25, -0.2) is 0 Å². The Hall–Kier alpha value is -3.46. The number of nitrogens with one attached hydrogen (secondary N) is 1. The van der Waals surface area contributed by atoms with Gasteiger partial charge in [0.15, 0.2) is 11.5 Å². The van der Waals surface area contributed by atoms with Crippen LogP contribution in [0.15, 0.2) is 65.6 Å². The van der Waals surface area contributed by atoms with Crippen LogP contribution in [0.3, 0.4) is 0 Å². The average molecular weight is 586 g/mol. The molecule has 4 rings (SSSR count). The van der Waals surface area contributed by atoms with Crippen LogP contribution in [0.1, 0.15) is 30.5 Å². The lowest BCUT2D eigenvalue weighted by Gasteiger charge is -2.14. The van der Waals surface area contributed by atoms with Crippen molar-refractivity contribution in [2.75, 3.05) is 18.5 Å². The minimum absolute atomic E-state index is 0.207. The predicted molar refractivity (Wildman–Crippen MR) is 156 cm³/mol. The number of thioether (sulfide) groups is 1. The van der Waals surface area contributed by atoms with E-state index < -0.39 is 17.1 Å². The molecule has 0 saturated carbocycles. The van der Waals surface area contributed by atoms with E-state index >= 15 is 0 Å². The highest BCUT2D eigenvalue weighted by Gasteiger charge is 2.36. The largest absolute Gasteiger partial charge is 0.490 e. The number of aryl methyl sites for hydroxylation is 1. The van der Waals surface area contributed by atoms with E-state index in [1.807, 2.05) is 26.0 Å². The average Bonchev–Trinajstić information content (AvgIpc) is 3.17. The number of imide groups is 1. The van der Waals surface area contributed by atoms with Crippen molar-refractivity contribution in [1.29, 1.82) is 0 Å². The minimum atomic E-state index is -0.530. The Morgan fingerprint density at radius 2 is 1.74 bits per heavy atom. The second kappa shape index (κ2) is 13.1. The van der Waals surface area contributed by atoms with Crippen molar-refractivity contribution in [3.05, 3.63) is 92.3 Å². The number of hydrogen-bond acceptors (Lipinski definition) is 6. The summed E-state index contributed by atoms with van der Waals surface area (Å²) in [6, 6.07) is 17.8. The number of amides is 3. The maximum atomic E-state index is 12.9. The summed E-state index contributed by atoms with van der Waals surface area (Å²) in [6.45, 7) is 4.12. The molecule has 3 aromatic rings. The number of rotatable bonds is 10. The molecule has 1 fully saturated rings. The number of carbonyl (C=O) groups excluding carboxylic acids is 3. The molecule has 0 radical (unpaired) electrons. The topological polar surface area (TPSA) is 84.9 Å². The first-order valence-electron chi connectivity index (χ1n) is 12.2.